The lowest BCUT2D eigenvalue weighted by Gasteiger charge is -2.03. The summed E-state index contributed by atoms with van der Waals surface area (Å²) in [5.41, 5.74) is 0.533. The number of hydrogen-bond acceptors (Lipinski definition) is 4. The zero-order chi connectivity index (χ0) is 17.3. The molecular weight excluding hydrogens is 336 g/mol. The molecule has 0 aliphatic heterocycles. The van der Waals surface area contributed by atoms with Gasteiger partial charge in [-0.1, -0.05) is 17.4 Å². The first-order chi connectivity index (χ1) is 11.4. The number of anilines is 2. The van der Waals surface area contributed by atoms with Crippen LogP contribution in [0.1, 0.15) is 17.3 Å². The van der Waals surface area contributed by atoms with Gasteiger partial charge in [-0.15, -0.1) is 0 Å². The molecule has 0 spiro atoms. The summed E-state index contributed by atoms with van der Waals surface area (Å²) in [7, 11) is 0. The molecule has 0 saturated carbocycles. The van der Waals surface area contributed by atoms with Crippen LogP contribution in [-0.4, -0.2) is 16.8 Å². The Morgan fingerprint density at radius 1 is 1.08 bits per heavy atom. The molecule has 0 unspecified atom stereocenters. The number of hydrogen-bond donors (Lipinski definition) is 2. The van der Waals surface area contributed by atoms with Crippen molar-refractivity contribution in [1.82, 2.24) is 4.98 Å². The van der Waals surface area contributed by atoms with Crippen molar-refractivity contribution in [2.24, 2.45) is 0 Å². The van der Waals surface area contributed by atoms with Crippen LogP contribution in [0.2, 0.25) is 0 Å². The van der Waals surface area contributed by atoms with E-state index in [2.05, 4.69) is 15.6 Å². The van der Waals surface area contributed by atoms with Crippen LogP contribution in [-0.2, 0) is 4.79 Å². The van der Waals surface area contributed by atoms with Gasteiger partial charge in [-0.05, 0) is 30.3 Å². The molecule has 0 radical (unpaired) electrons. The van der Waals surface area contributed by atoms with Gasteiger partial charge in [0, 0.05) is 12.6 Å². The Morgan fingerprint density at radius 3 is 2.46 bits per heavy atom. The largest absolute Gasteiger partial charge is 0.326 e. The lowest BCUT2D eigenvalue weighted by Crippen LogP contribution is -2.15. The smallest absolute Gasteiger partial charge is 0.263 e. The van der Waals surface area contributed by atoms with Gasteiger partial charge in [0.2, 0.25) is 5.91 Å². The van der Waals surface area contributed by atoms with Crippen LogP contribution in [0.4, 0.5) is 19.6 Å². The van der Waals surface area contributed by atoms with Gasteiger partial charge in [0.25, 0.3) is 5.91 Å². The fourth-order valence-corrected chi connectivity index (χ4v) is 3.03. The maximum Gasteiger partial charge on any atom is 0.263 e. The molecule has 2 aromatic carbocycles. The van der Waals surface area contributed by atoms with Crippen LogP contribution >= 0.6 is 11.3 Å². The van der Waals surface area contributed by atoms with E-state index in [1.165, 1.54) is 13.0 Å². The number of carbonyl (C=O) groups excluding carboxylic acids is 2. The van der Waals surface area contributed by atoms with E-state index in [0.29, 0.717) is 15.9 Å². The number of aromatic nitrogens is 1. The number of nitrogens with one attached hydrogen (secondary N) is 2. The Morgan fingerprint density at radius 2 is 1.79 bits per heavy atom. The zero-order valence-electron chi connectivity index (χ0n) is 12.4. The molecule has 0 bridgehead atoms. The van der Waals surface area contributed by atoms with Crippen molar-refractivity contribution >= 4 is 44.2 Å². The molecule has 0 atom stereocenters. The highest BCUT2D eigenvalue weighted by atomic mass is 32.1. The summed E-state index contributed by atoms with van der Waals surface area (Å²) in [6, 6.07) is 8.25. The first kappa shape index (κ1) is 16.0. The number of thiazole rings is 1. The third-order valence-electron chi connectivity index (χ3n) is 3.12. The Kier molecular flexibility index (Phi) is 4.22. The molecule has 0 fully saturated rings. The van der Waals surface area contributed by atoms with E-state index < -0.39 is 23.1 Å². The number of amides is 2. The van der Waals surface area contributed by atoms with Crippen LogP contribution < -0.4 is 10.6 Å². The van der Waals surface area contributed by atoms with Crippen LogP contribution in [0.3, 0.4) is 0 Å². The van der Waals surface area contributed by atoms with Crippen molar-refractivity contribution in [3.05, 3.63) is 53.6 Å². The zero-order valence-corrected chi connectivity index (χ0v) is 13.2. The minimum absolute atomic E-state index is 0.206. The normalized spacial score (nSPS) is 10.6. The number of benzene rings is 2. The first-order valence-electron chi connectivity index (χ1n) is 6.87. The Labute approximate surface area is 139 Å². The Balaban J connectivity index is 1.87. The van der Waals surface area contributed by atoms with E-state index in [4.69, 9.17) is 0 Å². The van der Waals surface area contributed by atoms with Crippen molar-refractivity contribution < 1.29 is 18.4 Å². The Hall–Kier alpha value is -2.87. The summed E-state index contributed by atoms with van der Waals surface area (Å²) in [5, 5.41) is 5.24. The SMILES string of the molecule is CC(=O)Nc1ccc2nc(NC(=O)c3c(F)cccc3F)sc2c1. The maximum absolute atomic E-state index is 13.6. The summed E-state index contributed by atoms with van der Waals surface area (Å²) in [4.78, 5) is 27.3. The van der Waals surface area contributed by atoms with E-state index in [1.807, 2.05) is 0 Å². The second kappa shape index (κ2) is 6.32. The highest BCUT2D eigenvalue weighted by Gasteiger charge is 2.18. The molecule has 2 N–H and O–H groups in total. The summed E-state index contributed by atoms with van der Waals surface area (Å²) >= 11 is 1.13. The first-order valence-corrected chi connectivity index (χ1v) is 7.69. The number of carbonyl (C=O) groups is 2. The van der Waals surface area contributed by atoms with E-state index >= 15 is 0 Å². The van der Waals surface area contributed by atoms with Gasteiger partial charge in [-0.3, -0.25) is 14.9 Å². The molecule has 24 heavy (non-hydrogen) atoms. The molecule has 2 amide bonds. The van der Waals surface area contributed by atoms with Crippen LogP contribution in [0.15, 0.2) is 36.4 Å². The summed E-state index contributed by atoms with van der Waals surface area (Å²) < 4.78 is 28.0. The summed E-state index contributed by atoms with van der Waals surface area (Å²) in [5.74, 6) is -3.00. The van der Waals surface area contributed by atoms with E-state index in [9.17, 15) is 18.4 Å². The van der Waals surface area contributed by atoms with Crippen molar-refractivity contribution in [3.8, 4) is 0 Å². The van der Waals surface area contributed by atoms with Gasteiger partial charge in [-0.2, -0.15) is 0 Å². The average Bonchev–Trinajstić information content (AvgIpc) is 2.87. The molecule has 1 aromatic heterocycles. The monoisotopic (exact) mass is 347 g/mol. The van der Waals surface area contributed by atoms with Crippen molar-refractivity contribution in [1.29, 1.82) is 0 Å². The fraction of sp³-hybridized carbons (Fsp3) is 0.0625. The van der Waals surface area contributed by atoms with E-state index in [0.717, 1.165) is 23.5 Å². The van der Waals surface area contributed by atoms with Gasteiger partial charge >= 0.3 is 0 Å². The molecule has 5 nitrogen and oxygen atoms in total. The number of rotatable bonds is 3. The van der Waals surface area contributed by atoms with Gasteiger partial charge in [0.15, 0.2) is 5.13 Å². The summed E-state index contributed by atoms with van der Waals surface area (Å²) in [6.07, 6.45) is 0. The molecule has 3 aromatic rings. The second-order valence-corrected chi connectivity index (χ2v) is 5.96. The lowest BCUT2D eigenvalue weighted by atomic mass is 10.2. The number of nitrogens with zero attached hydrogens (tertiary/aromatic N) is 1. The predicted molar refractivity (Wildman–Crippen MR) is 88.2 cm³/mol. The standard InChI is InChI=1S/C16H11F2N3O2S/c1-8(22)19-9-5-6-12-13(7-9)24-16(20-12)21-15(23)14-10(17)3-2-4-11(14)18/h2-7H,1H3,(H,19,22)(H,20,21,23). The number of fused-ring (bicyclic) bond motifs is 1. The molecule has 3 rings (SSSR count). The van der Waals surface area contributed by atoms with Gasteiger partial charge in [0.05, 0.1) is 10.2 Å². The highest BCUT2D eigenvalue weighted by Crippen LogP contribution is 2.29. The van der Waals surface area contributed by atoms with Crippen LogP contribution in [0.25, 0.3) is 10.2 Å². The molecule has 1 heterocycles. The average molecular weight is 347 g/mol. The fourth-order valence-electron chi connectivity index (χ4n) is 2.13. The minimum Gasteiger partial charge on any atom is -0.326 e. The topological polar surface area (TPSA) is 71.1 Å². The van der Waals surface area contributed by atoms with Crippen molar-refractivity contribution in [2.75, 3.05) is 10.6 Å². The predicted octanol–water partition coefficient (Wildman–Crippen LogP) is 3.79. The van der Waals surface area contributed by atoms with Gasteiger partial charge in [-0.25, -0.2) is 13.8 Å². The van der Waals surface area contributed by atoms with Gasteiger partial charge < -0.3 is 5.32 Å². The molecular formula is C16H11F2N3O2S. The minimum atomic E-state index is -0.943. The van der Waals surface area contributed by atoms with E-state index in [1.54, 1.807) is 18.2 Å². The molecule has 0 aliphatic rings. The third-order valence-corrected chi connectivity index (χ3v) is 4.05. The van der Waals surface area contributed by atoms with Gasteiger partial charge in [0.1, 0.15) is 17.2 Å². The highest BCUT2D eigenvalue weighted by molar-refractivity contribution is 7.22. The number of halogens is 2. The molecule has 122 valence electrons. The van der Waals surface area contributed by atoms with E-state index in [-0.39, 0.29) is 11.0 Å². The molecule has 8 heteroatoms. The Bertz CT molecular complexity index is 935. The maximum atomic E-state index is 13.6. The second-order valence-electron chi connectivity index (χ2n) is 4.93. The third kappa shape index (κ3) is 3.23. The van der Waals surface area contributed by atoms with Crippen molar-refractivity contribution in [2.45, 2.75) is 6.92 Å². The quantitative estimate of drug-likeness (QED) is 0.757. The van der Waals surface area contributed by atoms with Crippen molar-refractivity contribution in [3.63, 3.8) is 0 Å². The summed E-state index contributed by atoms with van der Waals surface area (Å²) in [6.45, 7) is 1.39. The molecule has 0 saturated heterocycles. The van der Waals surface area contributed by atoms with Crippen LogP contribution in [0.5, 0.6) is 0 Å². The lowest BCUT2D eigenvalue weighted by molar-refractivity contribution is -0.114. The van der Waals surface area contributed by atoms with Crippen LogP contribution in [0, 0.1) is 11.6 Å². The molecule has 0 aliphatic carbocycles.